The highest BCUT2D eigenvalue weighted by Crippen LogP contribution is 2.26. The van der Waals surface area contributed by atoms with Gasteiger partial charge in [-0.05, 0) is 49.6 Å². The summed E-state index contributed by atoms with van der Waals surface area (Å²) in [6, 6.07) is 21.1. The molecule has 0 saturated carbocycles. The van der Waals surface area contributed by atoms with E-state index in [1.165, 1.54) is 0 Å². The first kappa shape index (κ1) is 16.8. The summed E-state index contributed by atoms with van der Waals surface area (Å²) in [7, 11) is 0. The van der Waals surface area contributed by atoms with Crippen molar-refractivity contribution in [1.82, 2.24) is 0 Å². The van der Waals surface area contributed by atoms with Crippen molar-refractivity contribution >= 4 is 22.4 Å². The minimum absolute atomic E-state index is 0.197. The van der Waals surface area contributed by atoms with Crippen LogP contribution >= 0.6 is 0 Å². The third-order valence-electron chi connectivity index (χ3n) is 3.86. The van der Waals surface area contributed by atoms with Gasteiger partial charge in [0, 0.05) is 11.1 Å². The third-order valence-corrected chi connectivity index (χ3v) is 3.86. The molecule has 0 saturated heterocycles. The number of hydrogen-bond donors (Lipinski definition) is 1. The molecule has 0 aliphatic heterocycles. The molecule has 4 nitrogen and oxygen atoms in total. The molecule has 0 aliphatic rings. The quantitative estimate of drug-likeness (QED) is 0.713. The number of carbonyl (C=O) groups is 1. The van der Waals surface area contributed by atoms with Crippen molar-refractivity contribution in [3.8, 4) is 11.5 Å². The van der Waals surface area contributed by atoms with Crippen molar-refractivity contribution in [3.05, 3.63) is 66.7 Å². The maximum Gasteiger partial charge on any atom is 0.265 e. The first-order valence-corrected chi connectivity index (χ1v) is 8.35. The molecule has 1 N–H and O–H groups in total. The maximum atomic E-state index is 12.4. The van der Waals surface area contributed by atoms with Gasteiger partial charge in [0.25, 0.3) is 5.91 Å². The van der Waals surface area contributed by atoms with Gasteiger partial charge < -0.3 is 14.8 Å². The molecule has 0 aliphatic carbocycles. The summed E-state index contributed by atoms with van der Waals surface area (Å²) in [5, 5.41) is 4.93. The van der Waals surface area contributed by atoms with Gasteiger partial charge in [0.2, 0.25) is 0 Å². The smallest absolute Gasteiger partial charge is 0.265 e. The van der Waals surface area contributed by atoms with Crippen LogP contribution in [0.4, 0.5) is 5.69 Å². The van der Waals surface area contributed by atoms with Crippen molar-refractivity contribution in [1.29, 1.82) is 0 Å². The van der Waals surface area contributed by atoms with E-state index in [0.29, 0.717) is 18.0 Å². The number of fused-ring (bicyclic) bond motifs is 1. The Morgan fingerprint density at radius 1 is 1.00 bits per heavy atom. The highest BCUT2D eigenvalue weighted by Gasteiger charge is 2.16. The zero-order valence-corrected chi connectivity index (χ0v) is 14.4. The molecule has 0 aromatic heterocycles. The molecule has 0 heterocycles. The minimum Gasteiger partial charge on any atom is -0.494 e. The fourth-order valence-corrected chi connectivity index (χ4v) is 2.59. The molecule has 3 aromatic carbocycles. The van der Waals surface area contributed by atoms with Crippen LogP contribution < -0.4 is 14.8 Å². The topological polar surface area (TPSA) is 47.6 Å². The molecular weight excluding hydrogens is 314 g/mol. The average Bonchev–Trinajstić information content (AvgIpc) is 2.64. The van der Waals surface area contributed by atoms with Gasteiger partial charge in [-0.15, -0.1) is 0 Å². The minimum atomic E-state index is -0.614. The van der Waals surface area contributed by atoms with E-state index in [-0.39, 0.29) is 5.91 Å². The van der Waals surface area contributed by atoms with Crippen molar-refractivity contribution in [2.45, 2.75) is 20.0 Å². The number of amides is 1. The average molecular weight is 335 g/mol. The van der Waals surface area contributed by atoms with Gasteiger partial charge in [-0.3, -0.25) is 4.79 Å². The summed E-state index contributed by atoms with van der Waals surface area (Å²) in [4.78, 5) is 12.4. The lowest BCUT2D eigenvalue weighted by atomic mass is 10.1. The van der Waals surface area contributed by atoms with Crippen LogP contribution in [0.1, 0.15) is 13.8 Å². The largest absolute Gasteiger partial charge is 0.494 e. The molecule has 0 spiro atoms. The molecule has 1 amide bonds. The number of nitrogens with one attached hydrogen (secondary N) is 1. The predicted molar refractivity (Wildman–Crippen MR) is 100 cm³/mol. The van der Waals surface area contributed by atoms with E-state index in [1.807, 2.05) is 73.7 Å². The number of rotatable bonds is 6. The van der Waals surface area contributed by atoms with Gasteiger partial charge in [0.1, 0.15) is 11.5 Å². The lowest BCUT2D eigenvalue weighted by Gasteiger charge is -2.16. The molecule has 3 aromatic rings. The van der Waals surface area contributed by atoms with Crippen molar-refractivity contribution < 1.29 is 14.3 Å². The first-order valence-electron chi connectivity index (χ1n) is 8.35. The normalized spacial score (nSPS) is 11.8. The summed E-state index contributed by atoms with van der Waals surface area (Å²) in [6.07, 6.45) is -0.614. The summed E-state index contributed by atoms with van der Waals surface area (Å²) >= 11 is 0. The summed E-state index contributed by atoms with van der Waals surface area (Å²) in [6.45, 7) is 4.29. The van der Waals surface area contributed by atoms with Crippen LogP contribution in [0.3, 0.4) is 0 Å². The molecule has 25 heavy (non-hydrogen) atoms. The molecule has 1 atom stereocenters. The van der Waals surface area contributed by atoms with Gasteiger partial charge in [-0.1, -0.05) is 36.4 Å². The van der Waals surface area contributed by atoms with E-state index >= 15 is 0 Å². The Morgan fingerprint density at radius 2 is 1.72 bits per heavy atom. The highest BCUT2D eigenvalue weighted by molar-refractivity contribution is 5.95. The monoisotopic (exact) mass is 335 g/mol. The van der Waals surface area contributed by atoms with Gasteiger partial charge in [-0.25, -0.2) is 0 Å². The van der Waals surface area contributed by atoms with Crippen LogP contribution in [0, 0.1) is 0 Å². The summed E-state index contributed by atoms with van der Waals surface area (Å²) < 4.78 is 11.3. The van der Waals surface area contributed by atoms with Gasteiger partial charge in [0.15, 0.2) is 6.10 Å². The molecular formula is C21H21NO3. The molecule has 0 unspecified atom stereocenters. The zero-order chi connectivity index (χ0) is 17.6. The number of anilines is 1. The molecule has 4 heteroatoms. The SMILES string of the molecule is CCOc1ccc(NC(=O)[C@H](C)Oc2cccc3ccccc23)cc1. The number of benzene rings is 3. The molecule has 0 bridgehead atoms. The van der Waals surface area contributed by atoms with Crippen molar-refractivity contribution in [2.75, 3.05) is 11.9 Å². The second kappa shape index (κ2) is 7.71. The Kier molecular flexibility index (Phi) is 5.19. The maximum absolute atomic E-state index is 12.4. The van der Waals surface area contributed by atoms with E-state index in [1.54, 1.807) is 6.92 Å². The first-order chi connectivity index (χ1) is 12.2. The van der Waals surface area contributed by atoms with Crippen LogP contribution in [-0.2, 0) is 4.79 Å². The van der Waals surface area contributed by atoms with Gasteiger partial charge in [0.05, 0.1) is 6.61 Å². The lowest BCUT2D eigenvalue weighted by Crippen LogP contribution is -2.30. The summed E-state index contributed by atoms with van der Waals surface area (Å²) in [5.74, 6) is 1.28. The van der Waals surface area contributed by atoms with Crippen LogP contribution in [-0.4, -0.2) is 18.6 Å². The number of hydrogen-bond acceptors (Lipinski definition) is 3. The van der Waals surface area contributed by atoms with Gasteiger partial charge >= 0.3 is 0 Å². The van der Waals surface area contributed by atoms with E-state index in [4.69, 9.17) is 9.47 Å². The van der Waals surface area contributed by atoms with Crippen molar-refractivity contribution in [2.24, 2.45) is 0 Å². The Morgan fingerprint density at radius 3 is 2.48 bits per heavy atom. The fourth-order valence-electron chi connectivity index (χ4n) is 2.59. The van der Waals surface area contributed by atoms with Gasteiger partial charge in [-0.2, -0.15) is 0 Å². The molecule has 128 valence electrons. The number of ether oxygens (including phenoxy) is 2. The van der Waals surface area contributed by atoms with Crippen LogP contribution in [0.2, 0.25) is 0 Å². The second-order valence-electron chi connectivity index (χ2n) is 5.68. The van der Waals surface area contributed by atoms with Crippen LogP contribution in [0.15, 0.2) is 66.7 Å². The summed E-state index contributed by atoms with van der Waals surface area (Å²) in [5.41, 5.74) is 0.710. The standard InChI is InChI=1S/C21H21NO3/c1-3-24-18-13-11-17(12-14-18)22-21(23)15(2)25-20-10-6-8-16-7-4-5-9-19(16)20/h4-15H,3H2,1-2H3,(H,22,23)/t15-/m0/s1. The van der Waals surface area contributed by atoms with Crippen LogP contribution in [0.5, 0.6) is 11.5 Å². The lowest BCUT2D eigenvalue weighted by molar-refractivity contribution is -0.122. The van der Waals surface area contributed by atoms with Crippen molar-refractivity contribution in [3.63, 3.8) is 0 Å². The molecule has 3 rings (SSSR count). The Labute approximate surface area is 147 Å². The Bertz CT molecular complexity index is 853. The van der Waals surface area contributed by atoms with E-state index < -0.39 is 6.10 Å². The Hall–Kier alpha value is -3.01. The molecule has 0 fully saturated rings. The van der Waals surface area contributed by atoms with Crippen LogP contribution in [0.25, 0.3) is 10.8 Å². The van der Waals surface area contributed by atoms with E-state index in [0.717, 1.165) is 16.5 Å². The Balaban J connectivity index is 1.68. The fraction of sp³-hybridized carbons (Fsp3) is 0.190. The predicted octanol–water partition coefficient (Wildman–Crippen LogP) is 4.64. The van der Waals surface area contributed by atoms with E-state index in [2.05, 4.69) is 5.32 Å². The zero-order valence-electron chi connectivity index (χ0n) is 14.4. The van der Waals surface area contributed by atoms with E-state index in [9.17, 15) is 4.79 Å². The number of carbonyl (C=O) groups excluding carboxylic acids is 1. The molecule has 0 radical (unpaired) electrons. The second-order valence-corrected chi connectivity index (χ2v) is 5.68. The highest BCUT2D eigenvalue weighted by atomic mass is 16.5. The third kappa shape index (κ3) is 4.10.